The Bertz CT molecular complexity index is 618. The Labute approximate surface area is 106 Å². The van der Waals surface area contributed by atoms with Gasteiger partial charge in [-0.1, -0.05) is 18.2 Å². The molecule has 5 nitrogen and oxygen atoms in total. The number of sulfonamides is 1. The van der Waals surface area contributed by atoms with Gasteiger partial charge in [0.25, 0.3) is 0 Å². The zero-order valence-electron chi connectivity index (χ0n) is 9.93. The molecule has 2 aliphatic rings. The first-order valence-electron chi connectivity index (χ1n) is 5.79. The number of fused-ring (bicyclic) bond motifs is 2. The molecule has 1 aliphatic carbocycles. The van der Waals surface area contributed by atoms with Crippen molar-refractivity contribution in [3.63, 3.8) is 0 Å². The molecule has 1 aromatic rings. The van der Waals surface area contributed by atoms with Gasteiger partial charge in [-0.15, -0.1) is 0 Å². The summed E-state index contributed by atoms with van der Waals surface area (Å²) in [4.78, 5) is 12.1. The van der Waals surface area contributed by atoms with Crippen LogP contribution in [0.3, 0.4) is 0 Å². The Balaban J connectivity index is 1.85. The SMILES string of the molecule is CS(=O)(=O)NC1CC2(C1)C(=O)Nc1ccccc12. The molecule has 1 saturated carbocycles. The molecule has 6 heteroatoms. The lowest BCUT2D eigenvalue weighted by Crippen LogP contribution is -2.56. The Hall–Kier alpha value is -1.40. The number of rotatable bonds is 2. The number of anilines is 1. The van der Waals surface area contributed by atoms with Crippen LogP contribution in [-0.4, -0.2) is 26.6 Å². The molecule has 0 bridgehead atoms. The molecule has 1 heterocycles. The predicted molar refractivity (Wildman–Crippen MR) is 67.8 cm³/mol. The van der Waals surface area contributed by atoms with Crippen molar-refractivity contribution in [2.75, 3.05) is 11.6 Å². The molecule has 0 unspecified atom stereocenters. The van der Waals surface area contributed by atoms with Gasteiger partial charge in [0, 0.05) is 11.7 Å². The topological polar surface area (TPSA) is 75.3 Å². The molecule has 18 heavy (non-hydrogen) atoms. The molecule has 1 spiro atoms. The third-order valence-corrected chi connectivity index (χ3v) is 4.46. The normalized spacial score (nSPS) is 29.8. The summed E-state index contributed by atoms with van der Waals surface area (Å²) < 4.78 is 24.9. The van der Waals surface area contributed by atoms with E-state index >= 15 is 0 Å². The average Bonchev–Trinajstić information content (AvgIpc) is 2.49. The van der Waals surface area contributed by atoms with E-state index < -0.39 is 15.4 Å². The van der Waals surface area contributed by atoms with Gasteiger partial charge in [-0.2, -0.15) is 0 Å². The molecule has 0 saturated heterocycles. The summed E-state index contributed by atoms with van der Waals surface area (Å²) in [5.74, 6) is -0.0183. The van der Waals surface area contributed by atoms with Crippen LogP contribution in [0.25, 0.3) is 0 Å². The van der Waals surface area contributed by atoms with E-state index in [1.54, 1.807) is 0 Å². The second-order valence-corrected chi connectivity index (χ2v) is 6.86. The molecule has 0 atom stereocenters. The molecule has 0 radical (unpaired) electrons. The summed E-state index contributed by atoms with van der Waals surface area (Å²) in [7, 11) is -3.21. The molecule has 1 aliphatic heterocycles. The van der Waals surface area contributed by atoms with Crippen molar-refractivity contribution in [3.05, 3.63) is 29.8 Å². The molecule has 0 aromatic heterocycles. The molecule has 2 N–H and O–H groups in total. The fraction of sp³-hybridized carbons (Fsp3) is 0.417. The van der Waals surface area contributed by atoms with Gasteiger partial charge >= 0.3 is 0 Å². The number of benzene rings is 1. The van der Waals surface area contributed by atoms with E-state index in [9.17, 15) is 13.2 Å². The van der Waals surface area contributed by atoms with Gasteiger partial charge in [-0.05, 0) is 24.5 Å². The maximum absolute atomic E-state index is 12.1. The van der Waals surface area contributed by atoms with E-state index in [-0.39, 0.29) is 11.9 Å². The third kappa shape index (κ3) is 1.64. The number of carbonyl (C=O) groups excluding carboxylic acids is 1. The first kappa shape index (κ1) is 11.7. The van der Waals surface area contributed by atoms with E-state index in [1.165, 1.54) is 0 Å². The minimum Gasteiger partial charge on any atom is -0.325 e. The zero-order chi connectivity index (χ0) is 13.0. The third-order valence-electron chi connectivity index (χ3n) is 3.70. The van der Waals surface area contributed by atoms with Crippen LogP contribution in [0.2, 0.25) is 0 Å². The van der Waals surface area contributed by atoms with Crippen LogP contribution < -0.4 is 10.0 Å². The maximum atomic E-state index is 12.1. The van der Waals surface area contributed by atoms with Gasteiger partial charge in [0.05, 0.1) is 11.7 Å². The highest BCUT2D eigenvalue weighted by Crippen LogP contribution is 2.51. The van der Waals surface area contributed by atoms with E-state index in [0.29, 0.717) is 12.8 Å². The molecule has 96 valence electrons. The summed E-state index contributed by atoms with van der Waals surface area (Å²) in [6, 6.07) is 7.45. The second-order valence-electron chi connectivity index (χ2n) is 5.08. The minimum atomic E-state index is -3.21. The van der Waals surface area contributed by atoms with Gasteiger partial charge < -0.3 is 5.32 Å². The van der Waals surface area contributed by atoms with Gasteiger partial charge in [-0.3, -0.25) is 4.79 Å². The predicted octanol–water partition coefficient (Wildman–Crippen LogP) is 0.588. The quantitative estimate of drug-likeness (QED) is 0.822. The fourth-order valence-electron chi connectivity index (χ4n) is 2.95. The van der Waals surface area contributed by atoms with Crippen LogP contribution in [0.4, 0.5) is 5.69 Å². The lowest BCUT2D eigenvalue weighted by atomic mass is 9.62. The standard InChI is InChI=1S/C12H14N2O3S/c1-18(16,17)14-8-6-12(7-8)9-4-2-3-5-10(9)13-11(12)15/h2-5,8,14H,6-7H2,1H3,(H,13,15). The van der Waals surface area contributed by atoms with Gasteiger partial charge in [0.1, 0.15) is 0 Å². The monoisotopic (exact) mass is 266 g/mol. The van der Waals surface area contributed by atoms with Crippen molar-refractivity contribution in [1.82, 2.24) is 4.72 Å². The molecule has 3 rings (SSSR count). The molecule has 1 fully saturated rings. The number of hydrogen-bond acceptors (Lipinski definition) is 3. The summed E-state index contributed by atoms with van der Waals surface area (Å²) in [6.45, 7) is 0. The average molecular weight is 266 g/mol. The molecule has 1 amide bonds. The van der Waals surface area contributed by atoms with Crippen molar-refractivity contribution in [2.45, 2.75) is 24.3 Å². The zero-order valence-corrected chi connectivity index (χ0v) is 10.8. The number of hydrogen-bond donors (Lipinski definition) is 2. The van der Waals surface area contributed by atoms with Crippen molar-refractivity contribution < 1.29 is 13.2 Å². The van der Waals surface area contributed by atoms with E-state index in [1.807, 2.05) is 24.3 Å². The summed E-state index contributed by atoms with van der Waals surface area (Å²) in [5, 5.41) is 2.86. The Morgan fingerprint density at radius 3 is 2.67 bits per heavy atom. The lowest BCUT2D eigenvalue weighted by molar-refractivity contribution is -0.124. The van der Waals surface area contributed by atoms with Crippen molar-refractivity contribution in [1.29, 1.82) is 0 Å². The largest absolute Gasteiger partial charge is 0.325 e. The summed E-state index contributed by atoms with van der Waals surface area (Å²) in [5.41, 5.74) is 1.31. The fourth-order valence-corrected chi connectivity index (χ4v) is 3.72. The van der Waals surface area contributed by atoms with Crippen LogP contribution >= 0.6 is 0 Å². The summed E-state index contributed by atoms with van der Waals surface area (Å²) in [6.07, 6.45) is 2.20. The van der Waals surface area contributed by atoms with Crippen molar-refractivity contribution >= 4 is 21.6 Å². The Morgan fingerprint density at radius 2 is 2.00 bits per heavy atom. The Kier molecular flexibility index (Phi) is 2.30. The highest BCUT2D eigenvalue weighted by molar-refractivity contribution is 7.88. The van der Waals surface area contributed by atoms with Crippen molar-refractivity contribution in [3.8, 4) is 0 Å². The highest BCUT2D eigenvalue weighted by Gasteiger charge is 2.55. The smallest absolute Gasteiger partial charge is 0.235 e. The van der Waals surface area contributed by atoms with Gasteiger partial charge in [0.15, 0.2) is 0 Å². The molecular formula is C12H14N2O3S. The summed E-state index contributed by atoms with van der Waals surface area (Å²) >= 11 is 0. The van der Waals surface area contributed by atoms with E-state index in [0.717, 1.165) is 17.5 Å². The number of nitrogens with one attached hydrogen (secondary N) is 2. The lowest BCUT2D eigenvalue weighted by Gasteiger charge is -2.43. The number of para-hydroxylation sites is 1. The maximum Gasteiger partial charge on any atom is 0.235 e. The van der Waals surface area contributed by atoms with Gasteiger partial charge in [-0.25, -0.2) is 13.1 Å². The molecular weight excluding hydrogens is 252 g/mol. The second kappa shape index (κ2) is 3.55. The minimum absolute atomic E-state index is 0.0183. The molecule has 1 aromatic carbocycles. The first-order valence-corrected chi connectivity index (χ1v) is 7.68. The number of amides is 1. The van der Waals surface area contributed by atoms with Crippen LogP contribution in [-0.2, 0) is 20.2 Å². The Morgan fingerprint density at radius 1 is 1.33 bits per heavy atom. The van der Waals surface area contributed by atoms with Crippen LogP contribution in [0.15, 0.2) is 24.3 Å². The highest BCUT2D eigenvalue weighted by atomic mass is 32.2. The van der Waals surface area contributed by atoms with E-state index in [4.69, 9.17) is 0 Å². The van der Waals surface area contributed by atoms with Crippen molar-refractivity contribution in [2.24, 2.45) is 0 Å². The van der Waals surface area contributed by atoms with Gasteiger partial charge in [0.2, 0.25) is 15.9 Å². The van der Waals surface area contributed by atoms with Crippen LogP contribution in [0.5, 0.6) is 0 Å². The van der Waals surface area contributed by atoms with Crippen LogP contribution in [0, 0.1) is 0 Å². The number of carbonyl (C=O) groups is 1. The van der Waals surface area contributed by atoms with E-state index in [2.05, 4.69) is 10.0 Å². The van der Waals surface area contributed by atoms with Crippen LogP contribution in [0.1, 0.15) is 18.4 Å². The first-order chi connectivity index (χ1) is 8.41.